The van der Waals surface area contributed by atoms with E-state index in [2.05, 4.69) is 12.2 Å². The molecule has 0 radical (unpaired) electrons. The molecule has 90 valence electrons. The summed E-state index contributed by atoms with van der Waals surface area (Å²) in [7, 11) is 0. The van der Waals surface area contributed by atoms with Gasteiger partial charge in [0.15, 0.2) is 0 Å². The summed E-state index contributed by atoms with van der Waals surface area (Å²) in [4.78, 5) is 0. The van der Waals surface area contributed by atoms with Crippen LogP contribution in [0.3, 0.4) is 0 Å². The topological polar surface area (TPSA) is 21.3 Å². The van der Waals surface area contributed by atoms with Gasteiger partial charge in [-0.25, -0.2) is 4.39 Å². The number of ether oxygens (including phenoxy) is 1. The van der Waals surface area contributed by atoms with Gasteiger partial charge in [-0.05, 0) is 30.7 Å². The van der Waals surface area contributed by atoms with Crippen molar-refractivity contribution in [3.05, 3.63) is 35.6 Å². The first-order chi connectivity index (χ1) is 7.77. The second kappa shape index (κ2) is 7.36. The highest BCUT2D eigenvalue weighted by Gasteiger charge is 2.11. The maximum atomic E-state index is 13.1. The maximum absolute atomic E-state index is 13.1. The molecule has 1 N–H and O–H groups in total. The molecule has 1 aromatic rings. The summed E-state index contributed by atoms with van der Waals surface area (Å²) < 4.78 is 18.8. The summed E-state index contributed by atoms with van der Waals surface area (Å²) in [6.07, 6.45) is 0.911. The highest BCUT2D eigenvalue weighted by molar-refractivity contribution is 5.19. The summed E-state index contributed by atoms with van der Waals surface area (Å²) >= 11 is 0. The first-order valence-corrected chi connectivity index (χ1v) is 5.85. The fraction of sp³-hybridized carbons (Fsp3) is 0.538. The molecule has 0 bridgehead atoms. The van der Waals surface area contributed by atoms with Gasteiger partial charge in [0.25, 0.3) is 0 Å². The number of benzene rings is 1. The van der Waals surface area contributed by atoms with Crippen molar-refractivity contribution in [2.24, 2.45) is 0 Å². The highest BCUT2D eigenvalue weighted by Crippen LogP contribution is 2.17. The molecule has 2 nitrogen and oxygen atoms in total. The molecule has 16 heavy (non-hydrogen) atoms. The quantitative estimate of drug-likeness (QED) is 0.770. The predicted molar refractivity (Wildman–Crippen MR) is 63.9 cm³/mol. The monoisotopic (exact) mass is 225 g/mol. The Kier molecular flexibility index (Phi) is 6.04. The van der Waals surface area contributed by atoms with E-state index in [1.807, 2.05) is 13.0 Å². The van der Waals surface area contributed by atoms with Crippen molar-refractivity contribution in [2.45, 2.75) is 26.4 Å². The zero-order valence-electron chi connectivity index (χ0n) is 10.0. The van der Waals surface area contributed by atoms with E-state index in [1.54, 1.807) is 6.07 Å². The van der Waals surface area contributed by atoms with Crippen molar-refractivity contribution < 1.29 is 9.13 Å². The van der Waals surface area contributed by atoms with Crippen LogP contribution in [0.4, 0.5) is 4.39 Å². The minimum atomic E-state index is -0.209. The first-order valence-electron chi connectivity index (χ1n) is 5.85. The van der Waals surface area contributed by atoms with Gasteiger partial charge < -0.3 is 10.1 Å². The van der Waals surface area contributed by atoms with Crippen LogP contribution in [0.1, 0.15) is 31.9 Å². The molecular formula is C13H20FNO. The Morgan fingerprint density at radius 3 is 2.81 bits per heavy atom. The zero-order chi connectivity index (χ0) is 11.8. The van der Waals surface area contributed by atoms with Gasteiger partial charge in [-0.2, -0.15) is 0 Å². The summed E-state index contributed by atoms with van der Waals surface area (Å²) in [5, 5.41) is 3.23. The summed E-state index contributed by atoms with van der Waals surface area (Å²) in [5.41, 5.74) is 0.898. The van der Waals surface area contributed by atoms with Gasteiger partial charge >= 0.3 is 0 Å². The second-order valence-corrected chi connectivity index (χ2v) is 3.72. The lowest BCUT2D eigenvalue weighted by Crippen LogP contribution is -2.23. The van der Waals surface area contributed by atoms with E-state index < -0.39 is 0 Å². The van der Waals surface area contributed by atoms with Gasteiger partial charge in [0, 0.05) is 13.2 Å². The highest BCUT2D eigenvalue weighted by atomic mass is 19.1. The molecular weight excluding hydrogens is 205 g/mol. The molecule has 0 spiro atoms. The predicted octanol–water partition coefficient (Wildman–Crippen LogP) is 2.90. The van der Waals surface area contributed by atoms with Gasteiger partial charge in [-0.1, -0.05) is 26.0 Å². The molecule has 1 atom stereocenters. The SMILES string of the molecule is CCCOC(CNCC)c1cccc(F)c1. The second-order valence-electron chi connectivity index (χ2n) is 3.72. The lowest BCUT2D eigenvalue weighted by molar-refractivity contribution is 0.0532. The Balaban J connectivity index is 2.66. The standard InChI is InChI=1S/C13H20FNO/c1-3-8-16-13(10-15-4-2)11-6-5-7-12(14)9-11/h5-7,9,13,15H,3-4,8,10H2,1-2H3. The van der Waals surface area contributed by atoms with Gasteiger partial charge in [0.2, 0.25) is 0 Å². The molecule has 0 amide bonds. The molecule has 0 heterocycles. The minimum absolute atomic E-state index is 0.0596. The van der Waals surface area contributed by atoms with Crippen LogP contribution < -0.4 is 5.32 Å². The normalized spacial score (nSPS) is 12.7. The lowest BCUT2D eigenvalue weighted by Gasteiger charge is -2.18. The van der Waals surface area contributed by atoms with Gasteiger partial charge in [-0.3, -0.25) is 0 Å². The van der Waals surface area contributed by atoms with Crippen LogP contribution in [0.2, 0.25) is 0 Å². The van der Waals surface area contributed by atoms with Crippen LogP contribution in [0.15, 0.2) is 24.3 Å². The average molecular weight is 225 g/mol. The third kappa shape index (κ3) is 4.29. The van der Waals surface area contributed by atoms with Crippen molar-refractivity contribution >= 4 is 0 Å². The van der Waals surface area contributed by atoms with E-state index in [0.717, 1.165) is 25.1 Å². The van der Waals surface area contributed by atoms with Crippen LogP contribution in [0.5, 0.6) is 0 Å². The van der Waals surface area contributed by atoms with Crippen LogP contribution in [-0.2, 0) is 4.74 Å². The van der Waals surface area contributed by atoms with E-state index in [1.165, 1.54) is 12.1 Å². The van der Waals surface area contributed by atoms with Crippen LogP contribution in [0.25, 0.3) is 0 Å². The maximum Gasteiger partial charge on any atom is 0.123 e. The van der Waals surface area contributed by atoms with Gasteiger partial charge in [-0.15, -0.1) is 0 Å². The average Bonchev–Trinajstić information content (AvgIpc) is 2.29. The molecule has 1 unspecified atom stereocenters. The van der Waals surface area contributed by atoms with Crippen LogP contribution in [0, 0.1) is 5.82 Å². The molecule has 0 fully saturated rings. The fourth-order valence-electron chi connectivity index (χ4n) is 1.52. The smallest absolute Gasteiger partial charge is 0.123 e. The van der Waals surface area contributed by atoms with Crippen LogP contribution in [-0.4, -0.2) is 19.7 Å². The molecule has 3 heteroatoms. The minimum Gasteiger partial charge on any atom is -0.372 e. The molecule has 0 aliphatic rings. The van der Waals surface area contributed by atoms with E-state index in [-0.39, 0.29) is 11.9 Å². The van der Waals surface area contributed by atoms with E-state index in [0.29, 0.717) is 6.61 Å². The van der Waals surface area contributed by atoms with Crippen molar-refractivity contribution in [1.82, 2.24) is 5.32 Å². The number of hydrogen-bond donors (Lipinski definition) is 1. The molecule has 0 saturated heterocycles. The molecule has 1 rings (SSSR count). The van der Waals surface area contributed by atoms with Crippen molar-refractivity contribution in [1.29, 1.82) is 0 Å². The number of hydrogen-bond acceptors (Lipinski definition) is 2. The molecule has 0 aliphatic carbocycles. The molecule has 0 aliphatic heterocycles. The first kappa shape index (κ1) is 13.1. The van der Waals surface area contributed by atoms with Gasteiger partial charge in [0.1, 0.15) is 5.82 Å². The Hall–Kier alpha value is -0.930. The molecule has 0 aromatic heterocycles. The Morgan fingerprint density at radius 2 is 2.19 bits per heavy atom. The summed E-state index contributed by atoms with van der Waals surface area (Å²) in [5.74, 6) is -0.209. The number of rotatable bonds is 7. The Bertz CT molecular complexity index is 296. The Morgan fingerprint density at radius 1 is 1.38 bits per heavy atom. The lowest BCUT2D eigenvalue weighted by atomic mass is 10.1. The molecule has 0 saturated carbocycles. The molecule has 1 aromatic carbocycles. The summed E-state index contributed by atoms with van der Waals surface area (Å²) in [6, 6.07) is 6.62. The Labute approximate surface area is 96.8 Å². The number of halogens is 1. The third-order valence-corrected chi connectivity index (χ3v) is 2.32. The van der Waals surface area contributed by atoms with Crippen molar-refractivity contribution in [3.63, 3.8) is 0 Å². The van der Waals surface area contributed by atoms with E-state index in [4.69, 9.17) is 4.74 Å². The van der Waals surface area contributed by atoms with E-state index in [9.17, 15) is 4.39 Å². The van der Waals surface area contributed by atoms with E-state index >= 15 is 0 Å². The van der Waals surface area contributed by atoms with Gasteiger partial charge in [0.05, 0.1) is 6.10 Å². The number of nitrogens with one attached hydrogen (secondary N) is 1. The van der Waals surface area contributed by atoms with Crippen molar-refractivity contribution in [3.8, 4) is 0 Å². The fourth-order valence-corrected chi connectivity index (χ4v) is 1.52. The number of likely N-dealkylation sites (N-methyl/N-ethyl adjacent to an activating group) is 1. The summed E-state index contributed by atoms with van der Waals surface area (Å²) in [6.45, 7) is 6.42. The third-order valence-electron chi connectivity index (χ3n) is 2.32. The largest absolute Gasteiger partial charge is 0.372 e. The zero-order valence-corrected chi connectivity index (χ0v) is 10.0. The van der Waals surface area contributed by atoms with Crippen molar-refractivity contribution in [2.75, 3.05) is 19.7 Å². The van der Waals surface area contributed by atoms with Crippen LogP contribution >= 0.6 is 0 Å².